The van der Waals surface area contributed by atoms with Crippen molar-refractivity contribution in [3.63, 3.8) is 0 Å². The van der Waals surface area contributed by atoms with Crippen LogP contribution in [0.4, 0.5) is 0 Å². The highest BCUT2D eigenvalue weighted by Gasteiger charge is 2.17. The maximum absolute atomic E-state index is 5.76. The van der Waals surface area contributed by atoms with E-state index in [1.807, 2.05) is 153 Å². The standard InChI is InChI=1S/C15H15N.C13H10.C12H8OS.C12H8O.C12H8S.4C4H10.5C2H6/c1-11(2)16-14-9-5-3-7-12(14)13-8-4-6-10-15(13)16;1-3-7-12-10(5-1)9-11-6-2-4-8-13(11)12;1-3-7-11-9(5-1)13-10-6-2-4-8-12(10)14-11;2*1-3-7-11-9(5-1)10-6-2-4-8-12(10)13-11;4*1-4(2)3;5*1-2/h3-11H,1-2H3;1-8H,9H2;1-8H;2*1-8H;4*4H,1-3H3;5*1-2H3. The van der Waals surface area contributed by atoms with E-state index in [1.54, 1.807) is 11.8 Å². The van der Waals surface area contributed by atoms with Crippen LogP contribution in [0, 0.1) is 23.7 Å². The molecule has 0 atom stereocenters. The Labute approximate surface area is 585 Å². The van der Waals surface area contributed by atoms with Gasteiger partial charge in [-0.3, -0.25) is 0 Å². The topological polar surface area (TPSA) is 27.3 Å². The molecule has 2 aliphatic rings. The fourth-order valence-corrected chi connectivity index (χ4v) is 11.5. The van der Waals surface area contributed by atoms with Gasteiger partial charge in [-0.15, -0.1) is 11.3 Å². The second-order valence-corrected chi connectivity index (χ2v) is 26.4. The Morgan fingerprint density at radius 2 is 0.568 bits per heavy atom. The Morgan fingerprint density at radius 1 is 0.295 bits per heavy atom. The number of benzene rings is 10. The summed E-state index contributed by atoms with van der Waals surface area (Å²) in [4.78, 5) is 2.37. The molecule has 0 bridgehead atoms. The molecule has 5 heteroatoms. The van der Waals surface area contributed by atoms with E-state index in [2.05, 4.69) is 271 Å². The molecule has 95 heavy (non-hydrogen) atoms. The number of hydrogen-bond acceptors (Lipinski definition) is 4. The van der Waals surface area contributed by atoms with E-state index in [0.717, 1.165) is 52.8 Å². The average molecular weight is 1310 g/mol. The molecule has 1 aliphatic carbocycles. The van der Waals surface area contributed by atoms with E-state index < -0.39 is 0 Å². The van der Waals surface area contributed by atoms with Crippen LogP contribution in [0.3, 0.4) is 0 Å². The Balaban J connectivity index is 0.000000371. The van der Waals surface area contributed by atoms with Crippen molar-refractivity contribution in [2.45, 2.75) is 188 Å². The van der Waals surface area contributed by atoms with Crippen molar-refractivity contribution in [2.24, 2.45) is 23.7 Å². The number of para-hydroxylation sites is 6. The van der Waals surface area contributed by atoms with Gasteiger partial charge < -0.3 is 13.7 Å². The molecule has 508 valence electrons. The number of rotatable bonds is 1. The van der Waals surface area contributed by atoms with Crippen molar-refractivity contribution >= 4 is 87.0 Å². The third-order valence-electron chi connectivity index (χ3n) is 12.5. The predicted molar refractivity (Wildman–Crippen MR) is 433 cm³/mol. The summed E-state index contributed by atoms with van der Waals surface area (Å²) < 4.78 is 16.6. The Kier molecular flexibility index (Phi) is 41.3. The molecule has 1 aliphatic heterocycles. The monoisotopic (exact) mass is 1310 g/mol. The van der Waals surface area contributed by atoms with Gasteiger partial charge >= 0.3 is 0 Å². The van der Waals surface area contributed by atoms with Gasteiger partial charge in [0.25, 0.3) is 0 Å². The molecule has 0 amide bonds. The average Bonchev–Trinajstić information content (AvgIpc) is 1.63. The van der Waals surface area contributed by atoms with Gasteiger partial charge in [0.05, 0.1) is 9.79 Å². The molecule has 0 saturated carbocycles. The predicted octanol–water partition coefficient (Wildman–Crippen LogP) is 31.0. The van der Waals surface area contributed by atoms with Gasteiger partial charge in [0.1, 0.15) is 22.7 Å². The summed E-state index contributed by atoms with van der Waals surface area (Å²) >= 11 is 3.62. The second-order valence-electron chi connectivity index (χ2n) is 24.2. The molecule has 10 aromatic carbocycles. The molecule has 15 rings (SSSR count). The first kappa shape index (κ1) is 83.3. The van der Waals surface area contributed by atoms with Crippen LogP contribution in [0.1, 0.15) is 183 Å². The fourth-order valence-electron chi connectivity index (χ4n) is 9.41. The Bertz CT molecular complexity index is 3690. The number of nitrogens with zero attached hydrogens (tertiary/aromatic N) is 1. The minimum Gasteiger partial charge on any atom is -0.456 e. The van der Waals surface area contributed by atoms with E-state index in [-0.39, 0.29) is 0 Å². The number of ether oxygens (including phenoxy) is 1. The largest absolute Gasteiger partial charge is 0.456 e. The Hall–Kier alpha value is -7.83. The third kappa shape index (κ3) is 27.1. The summed E-state index contributed by atoms with van der Waals surface area (Å²) in [5.41, 5.74) is 10.3. The van der Waals surface area contributed by atoms with Crippen molar-refractivity contribution in [3.05, 3.63) is 254 Å². The molecular weight excluding hydrogens is 1190 g/mol. The van der Waals surface area contributed by atoms with Gasteiger partial charge in [-0.2, -0.15) is 0 Å². The van der Waals surface area contributed by atoms with Gasteiger partial charge in [0.2, 0.25) is 0 Å². The van der Waals surface area contributed by atoms with Gasteiger partial charge in [-0.1, -0.05) is 346 Å². The molecular formula is C90H119NO2S2. The summed E-state index contributed by atoms with van der Waals surface area (Å²) in [5.74, 6) is 5.24. The second kappa shape index (κ2) is 47.1. The van der Waals surface area contributed by atoms with Gasteiger partial charge in [0.15, 0.2) is 0 Å². The lowest BCUT2D eigenvalue weighted by Crippen LogP contribution is -1.99. The Morgan fingerprint density at radius 3 is 0.926 bits per heavy atom. The van der Waals surface area contributed by atoms with Crippen LogP contribution in [0.5, 0.6) is 11.5 Å². The van der Waals surface area contributed by atoms with Crippen LogP contribution in [0.2, 0.25) is 0 Å². The molecule has 3 nitrogen and oxygen atoms in total. The maximum atomic E-state index is 5.76. The van der Waals surface area contributed by atoms with E-state index >= 15 is 0 Å². The lowest BCUT2D eigenvalue weighted by molar-refractivity contribution is 0.454. The molecule has 4 heterocycles. The first-order valence-corrected chi connectivity index (χ1v) is 37.0. The molecule has 0 unspecified atom stereocenters. The van der Waals surface area contributed by atoms with Crippen LogP contribution >= 0.6 is 23.1 Å². The van der Waals surface area contributed by atoms with Crippen LogP contribution < -0.4 is 4.74 Å². The van der Waals surface area contributed by atoms with Crippen molar-refractivity contribution in [2.75, 3.05) is 0 Å². The van der Waals surface area contributed by atoms with Crippen LogP contribution in [0.25, 0.3) is 75.0 Å². The molecule has 0 radical (unpaired) electrons. The number of aromatic nitrogens is 1. The highest BCUT2D eigenvalue weighted by Crippen LogP contribution is 2.46. The zero-order valence-electron chi connectivity index (χ0n) is 62.8. The lowest BCUT2D eigenvalue weighted by Gasteiger charge is -2.18. The highest BCUT2D eigenvalue weighted by molar-refractivity contribution is 7.99. The van der Waals surface area contributed by atoms with Crippen molar-refractivity contribution in [3.8, 4) is 22.6 Å². The van der Waals surface area contributed by atoms with Crippen LogP contribution in [-0.2, 0) is 6.42 Å². The molecule has 3 aromatic heterocycles. The zero-order chi connectivity index (χ0) is 70.8. The third-order valence-corrected chi connectivity index (χ3v) is 14.8. The summed E-state index contributed by atoms with van der Waals surface area (Å²) in [7, 11) is 0. The van der Waals surface area contributed by atoms with E-state index in [1.165, 1.54) is 84.8 Å². The maximum Gasteiger partial charge on any atom is 0.141 e. The summed E-state index contributed by atoms with van der Waals surface area (Å²) in [6, 6.07) is 84.6. The summed E-state index contributed by atoms with van der Waals surface area (Å²) in [6.07, 6.45) is 1.10. The van der Waals surface area contributed by atoms with Crippen molar-refractivity contribution < 1.29 is 9.15 Å². The number of hydrogen-bond donors (Lipinski definition) is 0. The van der Waals surface area contributed by atoms with Gasteiger partial charge in [0, 0.05) is 58.8 Å². The van der Waals surface area contributed by atoms with E-state index in [4.69, 9.17) is 9.15 Å². The van der Waals surface area contributed by atoms with Crippen LogP contribution in [0.15, 0.2) is 257 Å². The van der Waals surface area contributed by atoms with Gasteiger partial charge in [-0.05, 0) is 127 Å². The quantitative estimate of drug-likeness (QED) is 0.164. The molecule has 0 N–H and O–H groups in total. The lowest BCUT2D eigenvalue weighted by atomic mass is 10.1. The number of thiophene rings is 1. The van der Waals surface area contributed by atoms with Crippen molar-refractivity contribution in [1.82, 2.24) is 4.57 Å². The van der Waals surface area contributed by atoms with E-state index in [9.17, 15) is 0 Å². The summed E-state index contributed by atoms with van der Waals surface area (Å²) in [6.45, 7) is 50.5. The highest BCUT2D eigenvalue weighted by atomic mass is 32.2. The molecule has 0 spiro atoms. The normalized spacial score (nSPS) is 10.4. The molecule has 0 saturated heterocycles. The zero-order valence-corrected chi connectivity index (χ0v) is 64.4. The SMILES string of the molecule is CC.CC.CC.CC.CC.CC(C)C.CC(C)C.CC(C)C.CC(C)C.CC(C)n1c2ccccc2c2ccccc21.c1ccc2c(c1)Cc1ccccc1-2.c1ccc2c(c1)Oc1ccccc1S2.c1ccc2c(c1)oc1ccccc12.c1ccc2c(c1)sc1ccccc12. The minimum absolute atomic E-state index is 0.491. The molecule has 13 aromatic rings. The van der Waals surface area contributed by atoms with Crippen molar-refractivity contribution in [1.29, 1.82) is 0 Å². The molecule has 0 fully saturated rings. The summed E-state index contributed by atoms with van der Waals surface area (Å²) in [5, 5.41) is 7.85. The number of furan rings is 1. The first-order valence-electron chi connectivity index (χ1n) is 35.4. The fraction of sp³-hybridized carbons (Fsp3) is 0.333. The van der Waals surface area contributed by atoms with Gasteiger partial charge in [-0.25, -0.2) is 0 Å². The van der Waals surface area contributed by atoms with Crippen LogP contribution in [-0.4, -0.2) is 4.57 Å². The first-order chi connectivity index (χ1) is 46.0. The smallest absolute Gasteiger partial charge is 0.141 e. The minimum atomic E-state index is 0.491. The number of fused-ring (bicyclic) bond motifs is 14. The van der Waals surface area contributed by atoms with E-state index in [0.29, 0.717) is 6.04 Å².